The molecule has 1 aromatic heterocycles. The van der Waals surface area contributed by atoms with Gasteiger partial charge in [0.1, 0.15) is 12.4 Å². The summed E-state index contributed by atoms with van der Waals surface area (Å²) in [5, 5.41) is 0. The lowest BCUT2D eigenvalue weighted by molar-refractivity contribution is -0.702. The fourth-order valence-electron chi connectivity index (χ4n) is 1.30. The molecule has 11 heavy (non-hydrogen) atoms. The molecule has 0 saturated carbocycles. The van der Waals surface area contributed by atoms with Gasteiger partial charge in [-0.3, -0.25) is 0 Å². The fraction of sp³-hybridized carbons (Fsp3) is 0.667. The fourth-order valence-corrected chi connectivity index (χ4v) is 1.30. The SMILES string of the molecule is CCCc1[nH]cc[n+]1CCC. The first-order valence-electron chi connectivity index (χ1n) is 4.44. The van der Waals surface area contributed by atoms with Gasteiger partial charge in [0.25, 0.3) is 5.82 Å². The highest BCUT2D eigenvalue weighted by Gasteiger charge is 2.06. The molecule has 0 spiro atoms. The zero-order valence-electron chi connectivity index (χ0n) is 7.43. The predicted molar refractivity (Wildman–Crippen MR) is 45.3 cm³/mol. The topological polar surface area (TPSA) is 19.7 Å². The van der Waals surface area contributed by atoms with Gasteiger partial charge in [0.2, 0.25) is 0 Å². The predicted octanol–water partition coefficient (Wildman–Crippen LogP) is 1.66. The van der Waals surface area contributed by atoms with E-state index in [1.54, 1.807) is 0 Å². The lowest BCUT2D eigenvalue weighted by Gasteiger charge is -1.95. The summed E-state index contributed by atoms with van der Waals surface area (Å²) in [5.74, 6) is 1.36. The highest BCUT2D eigenvalue weighted by atomic mass is 15.1. The summed E-state index contributed by atoms with van der Waals surface area (Å²) in [5.41, 5.74) is 0. The van der Waals surface area contributed by atoms with Crippen molar-refractivity contribution >= 4 is 0 Å². The van der Waals surface area contributed by atoms with Crippen molar-refractivity contribution in [3.63, 3.8) is 0 Å². The number of H-pyrrole nitrogens is 1. The van der Waals surface area contributed by atoms with Crippen LogP contribution in [0.1, 0.15) is 32.5 Å². The third-order valence-electron chi connectivity index (χ3n) is 1.80. The van der Waals surface area contributed by atoms with Gasteiger partial charge < -0.3 is 0 Å². The molecule has 0 aromatic carbocycles. The first-order chi connectivity index (χ1) is 5.38. The Labute approximate surface area is 68.3 Å². The number of nitrogens with zero attached hydrogens (tertiary/aromatic N) is 1. The number of hydrogen-bond donors (Lipinski definition) is 1. The van der Waals surface area contributed by atoms with Gasteiger partial charge in [0, 0.05) is 6.42 Å². The number of hydrogen-bond acceptors (Lipinski definition) is 0. The van der Waals surface area contributed by atoms with Crippen molar-refractivity contribution < 1.29 is 4.57 Å². The second kappa shape index (κ2) is 4.16. The minimum absolute atomic E-state index is 1.14. The van der Waals surface area contributed by atoms with Crippen molar-refractivity contribution in [1.29, 1.82) is 0 Å². The lowest BCUT2D eigenvalue weighted by Crippen LogP contribution is -2.35. The van der Waals surface area contributed by atoms with Crippen molar-refractivity contribution in [2.45, 2.75) is 39.7 Å². The Morgan fingerprint density at radius 1 is 1.36 bits per heavy atom. The van der Waals surface area contributed by atoms with Crippen molar-refractivity contribution in [3.8, 4) is 0 Å². The van der Waals surface area contributed by atoms with Crippen LogP contribution in [0.4, 0.5) is 0 Å². The van der Waals surface area contributed by atoms with Gasteiger partial charge in [0.15, 0.2) is 0 Å². The van der Waals surface area contributed by atoms with Crippen LogP contribution in [0.2, 0.25) is 0 Å². The molecule has 0 radical (unpaired) electrons. The molecule has 2 heteroatoms. The van der Waals surface area contributed by atoms with Gasteiger partial charge in [-0.2, -0.15) is 0 Å². The summed E-state index contributed by atoms with van der Waals surface area (Å²) in [7, 11) is 0. The van der Waals surface area contributed by atoms with Gasteiger partial charge in [-0.1, -0.05) is 13.8 Å². The normalized spacial score (nSPS) is 10.4. The van der Waals surface area contributed by atoms with Crippen LogP contribution in [0.5, 0.6) is 0 Å². The van der Waals surface area contributed by atoms with E-state index in [-0.39, 0.29) is 0 Å². The number of aromatic nitrogens is 2. The Bertz CT molecular complexity index is 183. The van der Waals surface area contributed by atoms with E-state index >= 15 is 0 Å². The molecular weight excluding hydrogens is 136 g/mol. The molecule has 0 saturated heterocycles. The highest BCUT2D eigenvalue weighted by Crippen LogP contribution is 1.92. The van der Waals surface area contributed by atoms with Crippen molar-refractivity contribution in [2.24, 2.45) is 0 Å². The zero-order valence-corrected chi connectivity index (χ0v) is 7.43. The standard InChI is InChI=1S/C9H16N2/c1-3-5-9-10-6-8-11(9)7-4-2/h6,8H,3-5,7H2,1-2H3/p+1. The number of rotatable bonds is 4. The Balaban J connectivity index is 2.62. The molecule has 0 bridgehead atoms. The molecule has 1 N–H and O–H groups in total. The summed E-state index contributed by atoms with van der Waals surface area (Å²) >= 11 is 0. The Hall–Kier alpha value is -0.790. The van der Waals surface area contributed by atoms with Crippen LogP contribution in [-0.2, 0) is 13.0 Å². The number of aryl methyl sites for hydroxylation is 2. The van der Waals surface area contributed by atoms with E-state index in [9.17, 15) is 0 Å². The second-order valence-corrected chi connectivity index (χ2v) is 2.85. The van der Waals surface area contributed by atoms with Crippen LogP contribution in [0.25, 0.3) is 0 Å². The van der Waals surface area contributed by atoms with Gasteiger partial charge in [-0.05, 0) is 12.8 Å². The van der Waals surface area contributed by atoms with E-state index in [2.05, 4.69) is 29.6 Å². The molecule has 1 rings (SSSR count). The Kier molecular flexibility index (Phi) is 3.14. The minimum atomic E-state index is 1.14. The van der Waals surface area contributed by atoms with Gasteiger partial charge in [-0.25, -0.2) is 9.55 Å². The number of aromatic amines is 1. The second-order valence-electron chi connectivity index (χ2n) is 2.85. The van der Waals surface area contributed by atoms with Crippen molar-refractivity contribution in [2.75, 3.05) is 0 Å². The van der Waals surface area contributed by atoms with E-state index in [1.807, 2.05) is 6.20 Å². The molecule has 0 aliphatic heterocycles. The van der Waals surface area contributed by atoms with Crippen LogP contribution in [0.15, 0.2) is 12.4 Å². The van der Waals surface area contributed by atoms with E-state index in [0.29, 0.717) is 0 Å². The third-order valence-corrected chi connectivity index (χ3v) is 1.80. The van der Waals surface area contributed by atoms with Crippen LogP contribution < -0.4 is 4.57 Å². The minimum Gasteiger partial charge on any atom is -0.248 e. The molecule has 0 aliphatic rings. The van der Waals surface area contributed by atoms with Crippen LogP contribution in [0.3, 0.4) is 0 Å². The summed E-state index contributed by atoms with van der Waals surface area (Å²) in [6.07, 6.45) is 7.71. The smallest absolute Gasteiger partial charge is 0.248 e. The maximum absolute atomic E-state index is 3.25. The maximum Gasteiger partial charge on any atom is 0.254 e. The molecule has 1 aromatic rings. The van der Waals surface area contributed by atoms with E-state index < -0.39 is 0 Å². The van der Waals surface area contributed by atoms with Gasteiger partial charge >= 0.3 is 0 Å². The lowest BCUT2D eigenvalue weighted by atomic mass is 10.3. The molecule has 62 valence electrons. The number of nitrogens with one attached hydrogen (secondary N) is 1. The molecule has 0 atom stereocenters. The molecule has 0 aliphatic carbocycles. The third kappa shape index (κ3) is 2.07. The van der Waals surface area contributed by atoms with E-state index in [1.165, 1.54) is 18.7 Å². The molecule has 0 unspecified atom stereocenters. The van der Waals surface area contributed by atoms with Gasteiger partial charge in [-0.15, -0.1) is 0 Å². The first-order valence-corrected chi connectivity index (χ1v) is 4.44. The molecular formula is C9H17N2+. The summed E-state index contributed by atoms with van der Waals surface area (Å²) in [6.45, 7) is 5.55. The van der Waals surface area contributed by atoms with Gasteiger partial charge in [0.05, 0.1) is 6.54 Å². The Morgan fingerprint density at radius 2 is 2.18 bits per heavy atom. The van der Waals surface area contributed by atoms with Crippen LogP contribution in [-0.4, -0.2) is 4.98 Å². The van der Waals surface area contributed by atoms with Crippen LogP contribution >= 0.6 is 0 Å². The summed E-state index contributed by atoms with van der Waals surface area (Å²) in [4.78, 5) is 3.25. The molecule has 2 nitrogen and oxygen atoms in total. The quantitative estimate of drug-likeness (QED) is 0.635. The first kappa shape index (κ1) is 8.31. The van der Waals surface area contributed by atoms with Crippen molar-refractivity contribution in [3.05, 3.63) is 18.2 Å². The largest absolute Gasteiger partial charge is 0.254 e. The Morgan fingerprint density at radius 3 is 2.82 bits per heavy atom. The van der Waals surface area contributed by atoms with E-state index in [4.69, 9.17) is 0 Å². The zero-order chi connectivity index (χ0) is 8.10. The average Bonchev–Trinajstić information content (AvgIpc) is 2.39. The van der Waals surface area contributed by atoms with E-state index in [0.717, 1.165) is 13.0 Å². The highest BCUT2D eigenvalue weighted by molar-refractivity contribution is 4.76. The maximum atomic E-state index is 3.25. The van der Waals surface area contributed by atoms with Crippen LogP contribution in [0, 0.1) is 0 Å². The average molecular weight is 153 g/mol. The molecule has 0 fully saturated rings. The monoisotopic (exact) mass is 153 g/mol. The molecule has 0 amide bonds. The number of imidazole rings is 1. The molecule has 1 heterocycles. The summed E-state index contributed by atoms with van der Waals surface area (Å²) < 4.78 is 2.30. The summed E-state index contributed by atoms with van der Waals surface area (Å²) in [6, 6.07) is 0. The van der Waals surface area contributed by atoms with Crippen molar-refractivity contribution in [1.82, 2.24) is 4.98 Å².